The normalized spacial score (nSPS) is 22.7. The standard InChI is InChI=1S/C15H22N2O3S/c1-21(18,19)14-4-2-3-13(10-14)20-12-7-5-11(6-8-12)9-15(16)17/h5-8,13-14H,2-4,9-10H2,1H3,(H3,16,17). The lowest BCUT2D eigenvalue weighted by atomic mass is 9.97. The lowest BCUT2D eigenvalue weighted by molar-refractivity contribution is 0.156. The molecule has 2 rings (SSSR count). The van der Waals surface area contributed by atoms with E-state index in [1.54, 1.807) is 0 Å². The van der Waals surface area contributed by atoms with Crippen molar-refractivity contribution >= 4 is 15.7 Å². The number of hydrogen-bond donors (Lipinski definition) is 2. The maximum atomic E-state index is 11.6. The highest BCUT2D eigenvalue weighted by atomic mass is 32.2. The van der Waals surface area contributed by atoms with Gasteiger partial charge >= 0.3 is 0 Å². The second kappa shape index (κ2) is 6.47. The molecule has 0 aliphatic heterocycles. The number of ether oxygens (including phenoxy) is 1. The maximum absolute atomic E-state index is 11.6. The molecule has 1 aliphatic rings. The van der Waals surface area contributed by atoms with E-state index in [9.17, 15) is 8.42 Å². The van der Waals surface area contributed by atoms with Gasteiger partial charge in [-0.2, -0.15) is 0 Å². The van der Waals surface area contributed by atoms with Gasteiger partial charge in [0.15, 0.2) is 0 Å². The molecule has 0 bridgehead atoms. The molecule has 2 atom stereocenters. The Morgan fingerprint density at radius 3 is 2.57 bits per heavy atom. The van der Waals surface area contributed by atoms with Gasteiger partial charge in [0.2, 0.25) is 0 Å². The van der Waals surface area contributed by atoms with Crippen molar-refractivity contribution in [1.29, 1.82) is 5.41 Å². The van der Waals surface area contributed by atoms with Gasteiger partial charge in [-0.15, -0.1) is 0 Å². The third kappa shape index (κ3) is 4.74. The SMILES string of the molecule is CS(=O)(=O)C1CCCC(Oc2ccc(CC(=N)N)cc2)C1. The molecule has 5 nitrogen and oxygen atoms in total. The predicted molar refractivity (Wildman–Crippen MR) is 83.6 cm³/mol. The van der Waals surface area contributed by atoms with E-state index < -0.39 is 9.84 Å². The molecule has 3 N–H and O–H groups in total. The molecule has 1 aliphatic carbocycles. The zero-order valence-corrected chi connectivity index (χ0v) is 13.0. The highest BCUT2D eigenvalue weighted by Crippen LogP contribution is 2.27. The summed E-state index contributed by atoms with van der Waals surface area (Å²) in [4.78, 5) is 0. The van der Waals surface area contributed by atoms with Crippen LogP contribution in [0.5, 0.6) is 5.75 Å². The first-order valence-electron chi connectivity index (χ1n) is 7.12. The Balaban J connectivity index is 1.96. The van der Waals surface area contributed by atoms with Crippen molar-refractivity contribution in [2.75, 3.05) is 6.26 Å². The van der Waals surface area contributed by atoms with Crippen LogP contribution in [0, 0.1) is 5.41 Å². The van der Waals surface area contributed by atoms with Crippen LogP contribution in [0.1, 0.15) is 31.2 Å². The van der Waals surface area contributed by atoms with Crippen molar-refractivity contribution in [3.05, 3.63) is 29.8 Å². The topological polar surface area (TPSA) is 93.2 Å². The number of amidine groups is 1. The van der Waals surface area contributed by atoms with Crippen LogP contribution >= 0.6 is 0 Å². The molecule has 6 heteroatoms. The molecule has 0 heterocycles. The van der Waals surface area contributed by atoms with Crippen LogP contribution in [0.15, 0.2) is 24.3 Å². The lowest BCUT2D eigenvalue weighted by Gasteiger charge is -2.28. The lowest BCUT2D eigenvalue weighted by Crippen LogP contribution is -2.33. The molecule has 116 valence electrons. The monoisotopic (exact) mass is 310 g/mol. The number of hydrogen-bond acceptors (Lipinski definition) is 4. The number of rotatable bonds is 5. The highest BCUT2D eigenvalue weighted by Gasteiger charge is 2.29. The first kappa shape index (κ1) is 15.8. The zero-order chi connectivity index (χ0) is 15.5. The summed E-state index contributed by atoms with van der Waals surface area (Å²) in [6.07, 6.45) is 4.75. The van der Waals surface area contributed by atoms with Crippen molar-refractivity contribution in [2.45, 2.75) is 43.5 Å². The summed E-state index contributed by atoms with van der Waals surface area (Å²) in [6, 6.07) is 7.46. The number of nitrogens with one attached hydrogen (secondary N) is 1. The van der Waals surface area contributed by atoms with E-state index in [4.69, 9.17) is 15.9 Å². The molecule has 1 saturated carbocycles. The second-order valence-corrected chi connectivity index (χ2v) is 8.03. The van der Waals surface area contributed by atoms with Gasteiger partial charge in [-0.25, -0.2) is 8.42 Å². The molecule has 0 spiro atoms. The summed E-state index contributed by atoms with van der Waals surface area (Å²) in [5.74, 6) is 0.869. The third-order valence-corrected chi connectivity index (χ3v) is 5.44. The zero-order valence-electron chi connectivity index (χ0n) is 12.2. The fourth-order valence-corrected chi connectivity index (χ4v) is 3.86. The number of sulfone groups is 1. The van der Waals surface area contributed by atoms with Crippen LogP contribution in [0.4, 0.5) is 0 Å². The van der Waals surface area contributed by atoms with Gasteiger partial charge in [-0.05, 0) is 37.0 Å². The van der Waals surface area contributed by atoms with Crippen LogP contribution in [0.25, 0.3) is 0 Å². The van der Waals surface area contributed by atoms with Crippen molar-refractivity contribution in [2.24, 2.45) is 5.73 Å². The Kier molecular flexibility index (Phi) is 4.88. The molecule has 2 unspecified atom stereocenters. The molecule has 1 fully saturated rings. The van der Waals surface area contributed by atoms with E-state index in [-0.39, 0.29) is 17.2 Å². The van der Waals surface area contributed by atoms with E-state index >= 15 is 0 Å². The summed E-state index contributed by atoms with van der Waals surface area (Å²) >= 11 is 0. The van der Waals surface area contributed by atoms with E-state index in [2.05, 4.69) is 0 Å². The second-order valence-electron chi connectivity index (χ2n) is 5.70. The van der Waals surface area contributed by atoms with Gasteiger partial charge in [-0.3, -0.25) is 5.41 Å². The van der Waals surface area contributed by atoms with Crippen LogP contribution in [-0.2, 0) is 16.3 Å². The molecule has 0 saturated heterocycles. The molecule has 21 heavy (non-hydrogen) atoms. The molecule has 0 radical (unpaired) electrons. The Bertz CT molecular complexity index is 596. The van der Waals surface area contributed by atoms with Crippen LogP contribution in [0.2, 0.25) is 0 Å². The summed E-state index contributed by atoms with van der Waals surface area (Å²) in [5, 5.41) is 6.98. The Labute approximate surface area is 125 Å². The van der Waals surface area contributed by atoms with Gasteiger partial charge in [0.25, 0.3) is 0 Å². The van der Waals surface area contributed by atoms with Crippen LogP contribution < -0.4 is 10.5 Å². The van der Waals surface area contributed by atoms with E-state index in [0.29, 0.717) is 12.8 Å². The number of nitrogens with two attached hydrogens (primary N) is 1. The average molecular weight is 310 g/mol. The van der Waals surface area contributed by atoms with Crippen LogP contribution in [-0.4, -0.2) is 31.9 Å². The van der Waals surface area contributed by atoms with Gasteiger partial charge in [0, 0.05) is 19.1 Å². The Morgan fingerprint density at radius 2 is 2.00 bits per heavy atom. The van der Waals surface area contributed by atoms with Crippen LogP contribution in [0.3, 0.4) is 0 Å². The average Bonchev–Trinajstić information content (AvgIpc) is 2.40. The van der Waals surface area contributed by atoms with E-state index in [1.165, 1.54) is 6.26 Å². The largest absolute Gasteiger partial charge is 0.490 e. The van der Waals surface area contributed by atoms with Gasteiger partial charge in [-0.1, -0.05) is 12.1 Å². The van der Waals surface area contributed by atoms with Gasteiger partial charge in [0.1, 0.15) is 15.6 Å². The quantitative estimate of drug-likeness (QED) is 0.641. The minimum Gasteiger partial charge on any atom is -0.490 e. The molecule has 0 aromatic heterocycles. The first-order chi connectivity index (χ1) is 9.84. The first-order valence-corrected chi connectivity index (χ1v) is 9.07. The molecule has 1 aromatic rings. The minimum absolute atomic E-state index is 0.0443. The van der Waals surface area contributed by atoms with E-state index in [1.807, 2.05) is 24.3 Å². The van der Waals surface area contributed by atoms with E-state index in [0.717, 1.165) is 30.6 Å². The Morgan fingerprint density at radius 1 is 1.33 bits per heavy atom. The molecular formula is C15H22N2O3S. The summed E-state index contributed by atoms with van der Waals surface area (Å²) in [5.41, 5.74) is 6.33. The highest BCUT2D eigenvalue weighted by molar-refractivity contribution is 7.91. The summed E-state index contributed by atoms with van der Waals surface area (Å²) in [7, 11) is -2.99. The molecular weight excluding hydrogens is 288 g/mol. The molecule has 0 amide bonds. The Hall–Kier alpha value is -1.56. The molecule has 1 aromatic carbocycles. The minimum atomic E-state index is -2.99. The predicted octanol–water partition coefficient (Wildman–Crippen LogP) is 1.90. The van der Waals surface area contributed by atoms with Crippen molar-refractivity contribution < 1.29 is 13.2 Å². The summed E-state index contributed by atoms with van der Waals surface area (Å²) < 4.78 is 29.2. The fraction of sp³-hybridized carbons (Fsp3) is 0.533. The van der Waals surface area contributed by atoms with Crippen molar-refractivity contribution in [1.82, 2.24) is 0 Å². The smallest absolute Gasteiger partial charge is 0.150 e. The maximum Gasteiger partial charge on any atom is 0.150 e. The van der Waals surface area contributed by atoms with Crippen molar-refractivity contribution in [3.63, 3.8) is 0 Å². The summed E-state index contributed by atoms with van der Waals surface area (Å²) in [6.45, 7) is 0. The third-order valence-electron chi connectivity index (χ3n) is 3.80. The van der Waals surface area contributed by atoms with Gasteiger partial charge < -0.3 is 10.5 Å². The fourth-order valence-electron chi connectivity index (χ4n) is 2.70. The number of benzene rings is 1. The van der Waals surface area contributed by atoms with Gasteiger partial charge in [0.05, 0.1) is 17.2 Å². The van der Waals surface area contributed by atoms with Crippen molar-refractivity contribution in [3.8, 4) is 5.75 Å².